The van der Waals surface area contributed by atoms with E-state index in [1.807, 2.05) is 19.1 Å². The van der Waals surface area contributed by atoms with Crippen molar-refractivity contribution in [3.05, 3.63) is 50.9 Å². The average molecular weight is 309 g/mol. The molecule has 0 amide bonds. The summed E-state index contributed by atoms with van der Waals surface area (Å²) in [5.41, 5.74) is 2.38. The van der Waals surface area contributed by atoms with Gasteiger partial charge in [0.25, 0.3) is 0 Å². The summed E-state index contributed by atoms with van der Waals surface area (Å²) in [6.45, 7) is 7.32. The molecule has 1 atom stereocenters. The second kappa shape index (κ2) is 7.21. The third kappa shape index (κ3) is 4.58. The zero-order valence-corrected chi connectivity index (χ0v) is 13.8. The lowest BCUT2D eigenvalue weighted by Gasteiger charge is -2.19. The van der Waals surface area contributed by atoms with E-state index in [-0.39, 0.29) is 0 Å². The number of thiazole rings is 1. The molecule has 2 rings (SSSR count). The van der Waals surface area contributed by atoms with Gasteiger partial charge in [-0.1, -0.05) is 37.6 Å². The van der Waals surface area contributed by atoms with E-state index in [1.54, 1.807) is 11.3 Å². The van der Waals surface area contributed by atoms with Crippen molar-refractivity contribution in [1.29, 1.82) is 0 Å². The number of halogens is 1. The molecule has 0 fully saturated rings. The number of nitrogens with zero attached hydrogens (tertiary/aromatic N) is 1. The van der Waals surface area contributed by atoms with Gasteiger partial charge < -0.3 is 5.32 Å². The van der Waals surface area contributed by atoms with Gasteiger partial charge in [0.15, 0.2) is 0 Å². The molecule has 0 saturated heterocycles. The Bertz CT molecular complexity index is 551. The monoisotopic (exact) mass is 308 g/mol. The fourth-order valence-electron chi connectivity index (χ4n) is 2.15. The highest BCUT2D eigenvalue weighted by Gasteiger charge is 2.15. The maximum atomic E-state index is 6.13. The lowest BCUT2D eigenvalue weighted by atomic mass is 9.95. The molecule has 0 saturated carbocycles. The molecule has 0 radical (unpaired) electrons. The molecule has 1 N–H and O–H groups in total. The van der Waals surface area contributed by atoms with E-state index < -0.39 is 0 Å². The summed E-state index contributed by atoms with van der Waals surface area (Å²) in [4.78, 5) is 4.58. The maximum Gasteiger partial charge on any atom is 0.0934 e. The van der Waals surface area contributed by atoms with Crippen LogP contribution in [0.5, 0.6) is 0 Å². The van der Waals surface area contributed by atoms with Gasteiger partial charge in [0, 0.05) is 41.0 Å². The molecule has 108 valence electrons. The highest BCUT2D eigenvalue weighted by Crippen LogP contribution is 2.24. The normalized spacial score (nSPS) is 12.8. The highest BCUT2D eigenvalue weighted by atomic mass is 35.5. The second-order valence-corrected chi connectivity index (χ2v) is 6.78. The number of hydrogen-bond donors (Lipinski definition) is 1. The van der Waals surface area contributed by atoms with Crippen molar-refractivity contribution in [2.75, 3.05) is 6.54 Å². The fourth-order valence-corrected chi connectivity index (χ4v) is 3.21. The van der Waals surface area contributed by atoms with Crippen molar-refractivity contribution in [2.24, 2.45) is 0 Å². The summed E-state index contributed by atoms with van der Waals surface area (Å²) in [7, 11) is 0. The van der Waals surface area contributed by atoms with Crippen LogP contribution >= 0.6 is 22.9 Å². The number of rotatable bonds is 6. The van der Waals surface area contributed by atoms with E-state index >= 15 is 0 Å². The molecular weight excluding hydrogens is 288 g/mol. The summed E-state index contributed by atoms with van der Waals surface area (Å²) in [5, 5.41) is 7.63. The minimum absolute atomic E-state index is 0.404. The molecular formula is C16H21ClN2S. The van der Waals surface area contributed by atoms with E-state index in [4.69, 9.17) is 11.6 Å². The molecule has 0 aliphatic carbocycles. The van der Waals surface area contributed by atoms with Gasteiger partial charge in [0.05, 0.1) is 5.01 Å². The van der Waals surface area contributed by atoms with Crippen LogP contribution in [0, 0.1) is 6.92 Å². The first-order valence-corrected chi connectivity index (χ1v) is 8.20. The molecule has 1 unspecified atom stereocenters. The first-order valence-electron chi connectivity index (χ1n) is 6.94. The molecule has 0 spiro atoms. The summed E-state index contributed by atoms with van der Waals surface area (Å²) >= 11 is 7.86. The largest absolute Gasteiger partial charge is 0.314 e. The predicted molar refractivity (Wildman–Crippen MR) is 87.9 cm³/mol. The van der Waals surface area contributed by atoms with Crippen molar-refractivity contribution >= 4 is 22.9 Å². The fraction of sp³-hybridized carbons (Fsp3) is 0.438. The molecule has 1 aromatic heterocycles. The Hall–Kier alpha value is -0.900. The smallest absolute Gasteiger partial charge is 0.0934 e. The standard InChI is InChI=1S/C16H21ClN2S/c1-11(2)18-9-14(8-16-19-12(3)10-20-16)13-5-4-6-15(17)7-13/h4-7,10-11,14,18H,8-9H2,1-3H3. The summed E-state index contributed by atoms with van der Waals surface area (Å²) < 4.78 is 0. The van der Waals surface area contributed by atoms with Crippen LogP contribution in [0.25, 0.3) is 0 Å². The van der Waals surface area contributed by atoms with E-state index in [0.29, 0.717) is 12.0 Å². The Balaban J connectivity index is 2.15. The van der Waals surface area contributed by atoms with E-state index in [9.17, 15) is 0 Å². The zero-order chi connectivity index (χ0) is 14.5. The minimum atomic E-state index is 0.404. The molecule has 4 heteroatoms. The molecule has 20 heavy (non-hydrogen) atoms. The number of hydrogen-bond acceptors (Lipinski definition) is 3. The van der Waals surface area contributed by atoms with Crippen molar-refractivity contribution in [3.63, 3.8) is 0 Å². The predicted octanol–water partition coefficient (Wildman–Crippen LogP) is 4.43. The van der Waals surface area contributed by atoms with E-state index in [1.165, 1.54) is 10.6 Å². The Morgan fingerprint density at radius 3 is 2.75 bits per heavy atom. The summed E-state index contributed by atoms with van der Waals surface area (Å²) in [5.74, 6) is 0.404. The van der Waals surface area contributed by atoms with Crippen LogP contribution in [-0.4, -0.2) is 17.6 Å². The van der Waals surface area contributed by atoms with E-state index in [0.717, 1.165) is 23.7 Å². The Labute approximate surface area is 130 Å². The maximum absolute atomic E-state index is 6.13. The molecule has 2 aromatic rings. The molecule has 2 nitrogen and oxygen atoms in total. The number of nitrogens with one attached hydrogen (secondary N) is 1. The SMILES string of the molecule is Cc1csc(CC(CNC(C)C)c2cccc(Cl)c2)n1. The van der Waals surface area contributed by atoms with Crippen molar-refractivity contribution < 1.29 is 0 Å². The Kier molecular flexibility index (Phi) is 5.58. The lowest BCUT2D eigenvalue weighted by molar-refractivity contribution is 0.526. The number of aromatic nitrogens is 1. The minimum Gasteiger partial charge on any atom is -0.314 e. The molecule has 0 aliphatic rings. The third-order valence-corrected chi connectivity index (χ3v) is 4.40. The lowest BCUT2D eigenvalue weighted by Crippen LogP contribution is -2.29. The van der Waals surface area contributed by atoms with Gasteiger partial charge in [0.1, 0.15) is 0 Å². The van der Waals surface area contributed by atoms with Gasteiger partial charge in [-0.05, 0) is 24.6 Å². The Morgan fingerprint density at radius 2 is 2.15 bits per heavy atom. The quantitative estimate of drug-likeness (QED) is 0.854. The third-order valence-electron chi connectivity index (χ3n) is 3.18. The highest BCUT2D eigenvalue weighted by molar-refractivity contribution is 7.09. The van der Waals surface area contributed by atoms with Gasteiger partial charge in [-0.15, -0.1) is 11.3 Å². The topological polar surface area (TPSA) is 24.9 Å². The zero-order valence-electron chi connectivity index (χ0n) is 12.2. The van der Waals surface area contributed by atoms with E-state index in [2.05, 4.69) is 41.7 Å². The number of aryl methyl sites for hydroxylation is 1. The Morgan fingerprint density at radius 1 is 1.35 bits per heavy atom. The first kappa shape index (κ1) is 15.5. The van der Waals surface area contributed by atoms with Gasteiger partial charge in [-0.2, -0.15) is 0 Å². The van der Waals surface area contributed by atoms with Crippen LogP contribution in [0.15, 0.2) is 29.6 Å². The molecule has 1 aromatic carbocycles. The summed E-state index contributed by atoms with van der Waals surface area (Å²) in [6, 6.07) is 8.64. The van der Waals surface area contributed by atoms with Crippen LogP contribution in [0.1, 0.15) is 36.0 Å². The van der Waals surface area contributed by atoms with Gasteiger partial charge in [0.2, 0.25) is 0 Å². The van der Waals surface area contributed by atoms with Gasteiger partial charge in [-0.3, -0.25) is 0 Å². The first-order chi connectivity index (χ1) is 9.54. The van der Waals surface area contributed by atoms with Gasteiger partial charge in [-0.25, -0.2) is 4.98 Å². The molecule has 0 bridgehead atoms. The van der Waals surface area contributed by atoms with Crippen LogP contribution < -0.4 is 5.32 Å². The van der Waals surface area contributed by atoms with Gasteiger partial charge >= 0.3 is 0 Å². The van der Waals surface area contributed by atoms with Crippen LogP contribution in [-0.2, 0) is 6.42 Å². The average Bonchev–Trinajstić information content (AvgIpc) is 2.80. The van der Waals surface area contributed by atoms with Crippen molar-refractivity contribution in [3.8, 4) is 0 Å². The van der Waals surface area contributed by atoms with Crippen LogP contribution in [0.2, 0.25) is 5.02 Å². The van der Waals surface area contributed by atoms with Crippen molar-refractivity contribution in [1.82, 2.24) is 10.3 Å². The van der Waals surface area contributed by atoms with Crippen LogP contribution in [0.4, 0.5) is 0 Å². The second-order valence-electron chi connectivity index (χ2n) is 5.40. The van der Waals surface area contributed by atoms with Crippen LogP contribution in [0.3, 0.4) is 0 Å². The summed E-state index contributed by atoms with van der Waals surface area (Å²) in [6.07, 6.45) is 0.957. The molecule has 0 aliphatic heterocycles. The van der Waals surface area contributed by atoms with Crippen molar-refractivity contribution in [2.45, 2.75) is 39.2 Å². The molecule has 1 heterocycles. The number of benzene rings is 1.